The van der Waals surface area contributed by atoms with Crippen molar-refractivity contribution in [3.63, 3.8) is 0 Å². The van der Waals surface area contributed by atoms with Crippen molar-refractivity contribution in [1.29, 1.82) is 0 Å². The molecule has 8 nitrogen and oxygen atoms in total. The van der Waals surface area contributed by atoms with Crippen molar-refractivity contribution in [2.24, 2.45) is 0 Å². The maximum absolute atomic E-state index is 14.0. The monoisotopic (exact) mass is 553 g/mol. The quantitative estimate of drug-likeness (QED) is 0.368. The fourth-order valence-corrected chi connectivity index (χ4v) is 4.04. The predicted molar refractivity (Wildman–Crippen MR) is 137 cm³/mol. The molecule has 0 amide bonds. The van der Waals surface area contributed by atoms with Crippen molar-refractivity contribution >= 4 is 15.9 Å². The summed E-state index contributed by atoms with van der Waals surface area (Å²) in [6, 6.07) is 4.75. The summed E-state index contributed by atoms with van der Waals surface area (Å²) in [6.07, 6.45) is 6.06. The number of halogens is 2. The number of aryl methyl sites for hydroxylation is 3. The van der Waals surface area contributed by atoms with E-state index in [9.17, 15) is 14.3 Å². The molecule has 4 heterocycles. The number of hydrogen-bond acceptors (Lipinski definition) is 7. The second-order valence-electron chi connectivity index (χ2n) is 9.00. The third kappa shape index (κ3) is 5.05. The summed E-state index contributed by atoms with van der Waals surface area (Å²) >= 11 is 3.35. The summed E-state index contributed by atoms with van der Waals surface area (Å²) in [5, 5.41) is 10.4. The lowest BCUT2D eigenvalue weighted by Gasteiger charge is -2.18. The van der Waals surface area contributed by atoms with E-state index >= 15 is 0 Å². The number of aromatic nitrogens is 5. The van der Waals surface area contributed by atoms with E-state index < -0.39 is 11.4 Å². The first-order valence-electron chi connectivity index (χ1n) is 11.1. The Morgan fingerprint density at radius 1 is 1.11 bits per heavy atom. The van der Waals surface area contributed by atoms with Crippen molar-refractivity contribution in [1.82, 2.24) is 24.5 Å². The van der Waals surface area contributed by atoms with Crippen LogP contribution >= 0.6 is 15.9 Å². The van der Waals surface area contributed by atoms with Crippen LogP contribution in [0, 0.1) is 26.6 Å². The molecule has 0 saturated carbocycles. The molecule has 0 aliphatic heterocycles. The standard InChI is InChI=1S/C26H25BrFN5O3/c1-14-10-30-19(23-15(2)11-31-25(32-23)26(4,5)35)9-20(14)33-16(3)8-21(22(27)24(33)34)36-13-17-12-29-7-6-18(17)28/h6-12,35H,13H2,1-5H3. The van der Waals surface area contributed by atoms with Gasteiger partial charge in [0.05, 0.1) is 17.1 Å². The fourth-order valence-electron chi connectivity index (χ4n) is 3.64. The molecule has 0 saturated heterocycles. The molecule has 0 unspecified atom stereocenters. The molecule has 0 atom stereocenters. The van der Waals surface area contributed by atoms with Crippen LogP contribution in [0.4, 0.5) is 4.39 Å². The maximum Gasteiger partial charge on any atom is 0.273 e. The predicted octanol–water partition coefficient (Wildman–Crippen LogP) is 4.72. The van der Waals surface area contributed by atoms with Crippen molar-refractivity contribution in [3.05, 3.63) is 91.8 Å². The average molecular weight is 554 g/mol. The third-order valence-electron chi connectivity index (χ3n) is 5.60. The minimum absolute atomic E-state index is 0.0733. The zero-order valence-corrected chi connectivity index (χ0v) is 22.1. The van der Waals surface area contributed by atoms with Gasteiger partial charge < -0.3 is 9.84 Å². The van der Waals surface area contributed by atoms with E-state index in [4.69, 9.17) is 4.74 Å². The molecule has 0 aliphatic carbocycles. The van der Waals surface area contributed by atoms with E-state index in [1.165, 1.54) is 18.5 Å². The normalized spacial score (nSPS) is 11.6. The Balaban J connectivity index is 1.76. The Kier molecular flexibility index (Phi) is 7.01. The van der Waals surface area contributed by atoms with Gasteiger partial charge in [0.2, 0.25) is 0 Å². The van der Waals surface area contributed by atoms with Gasteiger partial charge in [-0.25, -0.2) is 14.4 Å². The van der Waals surface area contributed by atoms with Gasteiger partial charge in [-0.1, -0.05) is 0 Å². The number of hydrogen-bond donors (Lipinski definition) is 1. The zero-order chi connectivity index (χ0) is 26.2. The van der Waals surface area contributed by atoms with Crippen molar-refractivity contribution < 1.29 is 14.2 Å². The van der Waals surface area contributed by atoms with Crippen LogP contribution in [0.3, 0.4) is 0 Å². The molecule has 0 bridgehead atoms. The van der Waals surface area contributed by atoms with Crippen LogP contribution in [0.1, 0.15) is 42.1 Å². The first-order chi connectivity index (χ1) is 17.0. The van der Waals surface area contributed by atoms with Gasteiger partial charge in [-0.3, -0.25) is 19.3 Å². The molecule has 36 heavy (non-hydrogen) atoms. The first kappa shape index (κ1) is 25.6. The van der Waals surface area contributed by atoms with Crippen LogP contribution < -0.4 is 10.3 Å². The van der Waals surface area contributed by atoms with E-state index in [0.29, 0.717) is 28.5 Å². The molecule has 0 aliphatic rings. The minimum atomic E-state index is -1.22. The largest absolute Gasteiger partial charge is 0.487 e. The highest BCUT2D eigenvalue weighted by molar-refractivity contribution is 9.10. The van der Waals surface area contributed by atoms with E-state index in [1.807, 2.05) is 13.8 Å². The van der Waals surface area contributed by atoms with Gasteiger partial charge >= 0.3 is 0 Å². The van der Waals surface area contributed by atoms with Gasteiger partial charge in [-0.05, 0) is 73.8 Å². The number of aliphatic hydroxyl groups is 1. The van der Waals surface area contributed by atoms with Crippen LogP contribution in [0.15, 0.2) is 52.3 Å². The van der Waals surface area contributed by atoms with Crippen molar-refractivity contribution in [2.45, 2.75) is 46.8 Å². The lowest BCUT2D eigenvalue weighted by Crippen LogP contribution is -2.23. The molecular formula is C26H25BrFN5O3. The molecule has 186 valence electrons. The highest BCUT2D eigenvalue weighted by Gasteiger charge is 2.22. The lowest BCUT2D eigenvalue weighted by atomic mass is 10.1. The number of nitrogens with zero attached hydrogens (tertiary/aromatic N) is 5. The van der Waals surface area contributed by atoms with Gasteiger partial charge in [0.1, 0.15) is 28.2 Å². The van der Waals surface area contributed by atoms with Crippen LogP contribution in [0.5, 0.6) is 5.75 Å². The minimum Gasteiger partial charge on any atom is -0.487 e. The fraction of sp³-hybridized carbons (Fsp3) is 0.269. The van der Waals surface area contributed by atoms with E-state index in [2.05, 4.69) is 35.9 Å². The van der Waals surface area contributed by atoms with Gasteiger partial charge in [-0.15, -0.1) is 0 Å². The number of rotatable bonds is 6. The number of ether oxygens (including phenoxy) is 1. The lowest BCUT2D eigenvalue weighted by molar-refractivity contribution is 0.0688. The molecule has 1 N–H and O–H groups in total. The summed E-state index contributed by atoms with van der Waals surface area (Å²) in [4.78, 5) is 30.6. The number of pyridine rings is 3. The average Bonchev–Trinajstić information content (AvgIpc) is 2.82. The van der Waals surface area contributed by atoms with Crippen LogP contribution in [0.2, 0.25) is 0 Å². The third-order valence-corrected chi connectivity index (χ3v) is 6.33. The molecule has 0 radical (unpaired) electrons. The summed E-state index contributed by atoms with van der Waals surface area (Å²) in [5.41, 5.74) is 2.61. The highest BCUT2D eigenvalue weighted by Crippen LogP contribution is 2.29. The summed E-state index contributed by atoms with van der Waals surface area (Å²) < 4.78 is 21.5. The summed E-state index contributed by atoms with van der Waals surface area (Å²) in [5.74, 6) is 0.138. The van der Waals surface area contributed by atoms with Crippen LogP contribution in [-0.4, -0.2) is 29.6 Å². The van der Waals surface area contributed by atoms with Gasteiger partial charge in [0, 0.05) is 42.1 Å². The Morgan fingerprint density at radius 3 is 2.53 bits per heavy atom. The van der Waals surface area contributed by atoms with Gasteiger partial charge in [0.15, 0.2) is 5.82 Å². The molecule has 4 aromatic heterocycles. The maximum atomic E-state index is 14.0. The molecule has 0 spiro atoms. The Bertz CT molecular complexity index is 1510. The summed E-state index contributed by atoms with van der Waals surface area (Å²) in [6.45, 7) is 8.65. The molecule has 10 heteroatoms. The molecular weight excluding hydrogens is 529 g/mol. The zero-order valence-electron chi connectivity index (χ0n) is 20.5. The van der Waals surface area contributed by atoms with Crippen LogP contribution in [-0.2, 0) is 12.2 Å². The Hall–Kier alpha value is -3.50. The second-order valence-corrected chi connectivity index (χ2v) is 9.79. The van der Waals surface area contributed by atoms with Gasteiger partial charge in [0.25, 0.3) is 5.56 Å². The second kappa shape index (κ2) is 9.87. The Labute approximate surface area is 216 Å². The van der Waals surface area contributed by atoms with Crippen molar-refractivity contribution in [2.75, 3.05) is 0 Å². The SMILES string of the molecule is Cc1cnc(-c2nc(C(C)(C)O)ncc2C)cc1-n1c(C)cc(OCc2cnccc2F)c(Br)c1=O. The van der Waals surface area contributed by atoms with Gasteiger partial charge in [-0.2, -0.15) is 0 Å². The van der Waals surface area contributed by atoms with Crippen molar-refractivity contribution in [3.8, 4) is 22.8 Å². The Morgan fingerprint density at radius 2 is 1.83 bits per heavy atom. The van der Waals surface area contributed by atoms with E-state index in [1.54, 1.807) is 49.9 Å². The molecule has 0 fully saturated rings. The summed E-state index contributed by atoms with van der Waals surface area (Å²) in [7, 11) is 0. The molecule has 4 aromatic rings. The topological polar surface area (TPSA) is 103 Å². The smallest absolute Gasteiger partial charge is 0.273 e. The van der Waals surface area contributed by atoms with E-state index in [0.717, 1.165) is 11.1 Å². The first-order valence-corrected chi connectivity index (χ1v) is 11.9. The highest BCUT2D eigenvalue weighted by atomic mass is 79.9. The molecule has 0 aromatic carbocycles. The van der Waals surface area contributed by atoms with E-state index in [-0.39, 0.29) is 28.0 Å². The van der Waals surface area contributed by atoms with Crippen LogP contribution in [0.25, 0.3) is 17.1 Å². The molecule has 4 rings (SSSR count).